The van der Waals surface area contributed by atoms with Crippen molar-refractivity contribution in [2.75, 3.05) is 11.9 Å². The molecule has 0 amide bonds. The van der Waals surface area contributed by atoms with Crippen LogP contribution in [0, 0.1) is 0 Å². The van der Waals surface area contributed by atoms with Crippen molar-refractivity contribution in [2.45, 2.75) is 6.92 Å². The predicted octanol–water partition coefficient (Wildman–Crippen LogP) is 2.53. The Kier molecular flexibility index (Phi) is 2.79. The molecule has 0 fully saturated rings. The Balaban J connectivity index is 1.99. The van der Waals surface area contributed by atoms with Crippen LogP contribution in [0.5, 0.6) is 5.75 Å². The van der Waals surface area contributed by atoms with Gasteiger partial charge in [-0.1, -0.05) is 0 Å². The molecule has 0 unspecified atom stereocenters. The molecule has 96 valence electrons. The molecule has 3 aromatic heterocycles. The van der Waals surface area contributed by atoms with Gasteiger partial charge in [0.1, 0.15) is 17.2 Å². The number of pyridine rings is 2. The highest BCUT2D eigenvalue weighted by molar-refractivity contribution is 5.63. The van der Waals surface area contributed by atoms with Gasteiger partial charge in [-0.3, -0.25) is 0 Å². The van der Waals surface area contributed by atoms with E-state index in [0.717, 1.165) is 29.3 Å². The summed E-state index contributed by atoms with van der Waals surface area (Å²) >= 11 is 0. The summed E-state index contributed by atoms with van der Waals surface area (Å²) in [7, 11) is 0. The van der Waals surface area contributed by atoms with Gasteiger partial charge in [-0.05, 0) is 31.2 Å². The first-order valence-electron chi connectivity index (χ1n) is 6.14. The molecule has 0 aromatic carbocycles. The lowest BCUT2D eigenvalue weighted by molar-refractivity contribution is 0.472. The molecule has 0 aliphatic rings. The molecule has 0 saturated heterocycles. The van der Waals surface area contributed by atoms with Crippen LogP contribution in [0.1, 0.15) is 6.92 Å². The lowest BCUT2D eigenvalue weighted by Crippen LogP contribution is -1.98. The third-order valence-corrected chi connectivity index (χ3v) is 2.85. The minimum atomic E-state index is 0.220. The van der Waals surface area contributed by atoms with E-state index in [1.54, 1.807) is 28.9 Å². The lowest BCUT2D eigenvalue weighted by atomic mass is 10.2. The van der Waals surface area contributed by atoms with Crippen LogP contribution < -0.4 is 5.32 Å². The van der Waals surface area contributed by atoms with Crippen molar-refractivity contribution in [3.63, 3.8) is 0 Å². The molecule has 19 heavy (non-hydrogen) atoms. The van der Waals surface area contributed by atoms with Crippen LogP contribution in [0.3, 0.4) is 0 Å². The zero-order valence-electron chi connectivity index (χ0n) is 10.5. The Labute approximate surface area is 110 Å². The number of anilines is 1. The van der Waals surface area contributed by atoms with Crippen LogP contribution >= 0.6 is 0 Å². The van der Waals surface area contributed by atoms with E-state index in [0.29, 0.717) is 0 Å². The number of imidazole rings is 1. The molecule has 0 radical (unpaired) electrons. The summed E-state index contributed by atoms with van der Waals surface area (Å²) in [6, 6.07) is 7.31. The van der Waals surface area contributed by atoms with Crippen molar-refractivity contribution in [2.24, 2.45) is 0 Å². The molecule has 3 heterocycles. The molecule has 0 atom stereocenters. The maximum Gasteiger partial charge on any atom is 0.137 e. The Hall–Kier alpha value is -2.56. The van der Waals surface area contributed by atoms with Gasteiger partial charge in [0, 0.05) is 24.5 Å². The van der Waals surface area contributed by atoms with Crippen molar-refractivity contribution in [3.8, 4) is 17.0 Å². The largest absolute Gasteiger partial charge is 0.506 e. The fourth-order valence-electron chi connectivity index (χ4n) is 1.95. The van der Waals surface area contributed by atoms with Gasteiger partial charge in [0.25, 0.3) is 0 Å². The fraction of sp³-hybridized carbons (Fsp3) is 0.143. The fourth-order valence-corrected chi connectivity index (χ4v) is 1.95. The number of fused-ring (bicyclic) bond motifs is 1. The predicted molar refractivity (Wildman–Crippen MR) is 74.3 cm³/mol. The molecule has 3 rings (SSSR count). The molecule has 5 heteroatoms. The van der Waals surface area contributed by atoms with Crippen LogP contribution in [0.25, 0.3) is 16.9 Å². The Morgan fingerprint density at radius 2 is 2.11 bits per heavy atom. The molecule has 0 aliphatic carbocycles. The average molecular weight is 254 g/mol. The van der Waals surface area contributed by atoms with E-state index in [9.17, 15) is 5.11 Å². The van der Waals surface area contributed by atoms with E-state index in [2.05, 4.69) is 15.3 Å². The first-order valence-corrected chi connectivity index (χ1v) is 6.14. The summed E-state index contributed by atoms with van der Waals surface area (Å²) < 4.78 is 1.79. The van der Waals surface area contributed by atoms with Gasteiger partial charge in [0.15, 0.2) is 0 Å². The molecule has 2 N–H and O–H groups in total. The van der Waals surface area contributed by atoms with E-state index in [1.165, 1.54) is 0 Å². The number of nitrogens with zero attached hydrogens (tertiary/aromatic N) is 3. The highest BCUT2D eigenvalue weighted by Crippen LogP contribution is 2.21. The van der Waals surface area contributed by atoms with E-state index in [1.807, 2.05) is 25.3 Å². The van der Waals surface area contributed by atoms with Crippen LogP contribution in [-0.4, -0.2) is 26.0 Å². The quantitative estimate of drug-likeness (QED) is 0.754. The van der Waals surface area contributed by atoms with Gasteiger partial charge in [0.2, 0.25) is 0 Å². The number of aromatic nitrogens is 3. The SMILES string of the molecule is CCNc1ccc(-c2cn3cc(O)ccc3n2)cn1. The smallest absolute Gasteiger partial charge is 0.137 e. The van der Waals surface area contributed by atoms with Crippen LogP contribution in [0.15, 0.2) is 42.9 Å². The van der Waals surface area contributed by atoms with Crippen LogP contribution in [-0.2, 0) is 0 Å². The molecule has 0 spiro atoms. The molecule has 5 nitrogen and oxygen atoms in total. The first kappa shape index (κ1) is 11.5. The van der Waals surface area contributed by atoms with Gasteiger partial charge in [-0.15, -0.1) is 0 Å². The zero-order chi connectivity index (χ0) is 13.2. The Morgan fingerprint density at radius 3 is 2.84 bits per heavy atom. The third-order valence-electron chi connectivity index (χ3n) is 2.85. The van der Waals surface area contributed by atoms with Crippen molar-refractivity contribution >= 4 is 11.5 Å². The minimum Gasteiger partial charge on any atom is -0.506 e. The van der Waals surface area contributed by atoms with Crippen molar-refractivity contribution in [1.82, 2.24) is 14.4 Å². The van der Waals surface area contributed by atoms with Gasteiger partial charge in [-0.2, -0.15) is 0 Å². The molecule has 0 saturated carbocycles. The Bertz CT molecular complexity index is 703. The minimum absolute atomic E-state index is 0.220. The van der Waals surface area contributed by atoms with Crippen LogP contribution in [0.4, 0.5) is 5.82 Å². The maximum atomic E-state index is 9.44. The molecular formula is C14H14N4O. The van der Waals surface area contributed by atoms with E-state index in [4.69, 9.17) is 0 Å². The standard InChI is InChI=1S/C14H14N4O/c1-2-15-13-5-3-10(7-16-13)12-9-18-8-11(19)4-6-14(18)17-12/h3-9,19H,2H2,1H3,(H,15,16). The summed E-state index contributed by atoms with van der Waals surface area (Å²) in [5, 5.41) is 12.6. The normalized spacial score (nSPS) is 10.8. The van der Waals surface area contributed by atoms with Gasteiger partial charge in [-0.25, -0.2) is 9.97 Å². The topological polar surface area (TPSA) is 62.5 Å². The molecule has 0 aliphatic heterocycles. The number of hydrogen-bond acceptors (Lipinski definition) is 4. The second-order valence-corrected chi connectivity index (χ2v) is 4.24. The molecular weight excluding hydrogens is 240 g/mol. The molecule has 3 aromatic rings. The second kappa shape index (κ2) is 4.61. The number of aromatic hydroxyl groups is 1. The Morgan fingerprint density at radius 1 is 1.21 bits per heavy atom. The zero-order valence-corrected chi connectivity index (χ0v) is 10.5. The second-order valence-electron chi connectivity index (χ2n) is 4.24. The lowest BCUT2D eigenvalue weighted by Gasteiger charge is -2.01. The van der Waals surface area contributed by atoms with Crippen molar-refractivity contribution in [3.05, 3.63) is 42.9 Å². The van der Waals surface area contributed by atoms with E-state index in [-0.39, 0.29) is 5.75 Å². The van der Waals surface area contributed by atoms with Crippen molar-refractivity contribution < 1.29 is 5.11 Å². The summed E-state index contributed by atoms with van der Waals surface area (Å²) in [5.41, 5.74) is 2.58. The number of rotatable bonds is 3. The first-order chi connectivity index (χ1) is 9.26. The van der Waals surface area contributed by atoms with Gasteiger partial charge >= 0.3 is 0 Å². The van der Waals surface area contributed by atoms with Crippen LogP contribution in [0.2, 0.25) is 0 Å². The third kappa shape index (κ3) is 2.22. The van der Waals surface area contributed by atoms with Gasteiger partial charge < -0.3 is 14.8 Å². The maximum absolute atomic E-state index is 9.44. The van der Waals surface area contributed by atoms with Gasteiger partial charge in [0.05, 0.1) is 11.9 Å². The monoisotopic (exact) mass is 254 g/mol. The van der Waals surface area contributed by atoms with E-state index >= 15 is 0 Å². The highest BCUT2D eigenvalue weighted by Gasteiger charge is 2.05. The summed E-state index contributed by atoms with van der Waals surface area (Å²) in [5.74, 6) is 1.07. The van der Waals surface area contributed by atoms with Crippen molar-refractivity contribution in [1.29, 1.82) is 0 Å². The average Bonchev–Trinajstić information content (AvgIpc) is 2.83. The summed E-state index contributed by atoms with van der Waals surface area (Å²) in [4.78, 5) is 8.81. The number of hydrogen-bond donors (Lipinski definition) is 2. The summed E-state index contributed by atoms with van der Waals surface area (Å²) in [6.45, 7) is 2.88. The molecule has 0 bridgehead atoms. The summed E-state index contributed by atoms with van der Waals surface area (Å²) in [6.07, 6.45) is 5.30. The number of nitrogens with one attached hydrogen (secondary N) is 1. The highest BCUT2D eigenvalue weighted by atomic mass is 16.3. The van der Waals surface area contributed by atoms with E-state index < -0.39 is 0 Å².